The number of anilines is 1. The maximum Gasteiger partial charge on any atom is 0.416 e. The van der Waals surface area contributed by atoms with Crippen LogP contribution >= 0.6 is 23.2 Å². The number of hydrogen-bond donors (Lipinski definition) is 1. The van der Waals surface area contributed by atoms with Crippen molar-refractivity contribution >= 4 is 29.0 Å². The summed E-state index contributed by atoms with van der Waals surface area (Å²) in [5, 5.41) is 13.7. The van der Waals surface area contributed by atoms with Crippen LogP contribution in [0.15, 0.2) is 12.1 Å². The van der Waals surface area contributed by atoms with E-state index in [1.807, 2.05) is 0 Å². The van der Waals surface area contributed by atoms with Crippen molar-refractivity contribution in [2.24, 2.45) is 0 Å². The number of nitriles is 1. The summed E-state index contributed by atoms with van der Waals surface area (Å²) in [6.45, 7) is 0. The van der Waals surface area contributed by atoms with Gasteiger partial charge in [0, 0.05) is 13.5 Å². The average molecular weight is 479 g/mol. The fourth-order valence-corrected chi connectivity index (χ4v) is 3.88. The average Bonchev–Trinajstić information content (AvgIpc) is 3.02. The number of rotatable bonds is 3. The minimum Gasteiger partial charge on any atom is -0.373 e. The van der Waals surface area contributed by atoms with Crippen molar-refractivity contribution < 1.29 is 35.1 Å². The summed E-state index contributed by atoms with van der Waals surface area (Å²) in [6.07, 6.45) is -11.9. The van der Waals surface area contributed by atoms with Crippen LogP contribution in [0.5, 0.6) is 0 Å². The van der Waals surface area contributed by atoms with Gasteiger partial charge in [-0.15, -0.1) is 0 Å². The van der Waals surface area contributed by atoms with Gasteiger partial charge in [0.2, 0.25) is 0 Å². The Kier molecular flexibility index (Phi) is 4.95. The highest BCUT2D eigenvalue weighted by molar-refractivity contribution is 6.38. The van der Waals surface area contributed by atoms with Crippen molar-refractivity contribution in [3.63, 3.8) is 0 Å². The SMILES string of the molecule is CNc1c(C2(C(F)(F)F)CC2(F)F)c(C#N)nn1-c1c(Cl)cc(C(F)(F)F)cc1Cl. The van der Waals surface area contributed by atoms with E-state index in [9.17, 15) is 40.4 Å². The number of halogens is 10. The van der Waals surface area contributed by atoms with Gasteiger partial charge in [-0.1, -0.05) is 23.2 Å². The normalized spacial score (nSPS) is 20.7. The van der Waals surface area contributed by atoms with Crippen LogP contribution < -0.4 is 5.32 Å². The van der Waals surface area contributed by atoms with E-state index >= 15 is 0 Å². The Labute approximate surface area is 173 Å². The van der Waals surface area contributed by atoms with E-state index < -0.39 is 68.5 Å². The highest BCUT2D eigenvalue weighted by Crippen LogP contribution is 2.70. The molecule has 1 heterocycles. The molecule has 1 fully saturated rings. The summed E-state index contributed by atoms with van der Waals surface area (Å²) in [5.74, 6) is -4.92. The number of benzene rings is 1. The smallest absolute Gasteiger partial charge is 0.373 e. The van der Waals surface area contributed by atoms with Crippen LogP contribution in [0.4, 0.5) is 40.9 Å². The molecule has 0 bridgehead atoms. The lowest BCUT2D eigenvalue weighted by Crippen LogP contribution is -2.35. The molecular formula is C16H8Cl2F8N4. The maximum atomic E-state index is 13.9. The standard InChI is InChI=1S/C16H8Cl2F8N4/c1-28-12-10(13(16(24,25)26)5-14(13,19)20)9(4-27)29-30(12)11-7(17)2-6(3-8(11)18)15(21,22)23/h2-3,28H,5H2,1H3. The van der Waals surface area contributed by atoms with Gasteiger partial charge < -0.3 is 5.32 Å². The Balaban J connectivity index is 2.33. The maximum absolute atomic E-state index is 13.9. The molecule has 0 spiro atoms. The van der Waals surface area contributed by atoms with Gasteiger partial charge in [0.25, 0.3) is 5.92 Å². The van der Waals surface area contributed by atoms with Gasteiger partial charge in [-0.05, 0) is 12.1 Å². The quantitative estimate of drug-likeness (QED) is 0.554. The summed E-state index contributed by atoms with van der Waals surface area (Å²) in [7, 11) is 1.06. The number of nitrogens with one attached hydrogen (secondary N) is 1. The Bertz CT molecular complexity index is 1040. The molecule has 1 N–H and O–H groups in total. The molecule has 1 unspecified atom stereocenters. The lowest BCUT2D eigenvalue weighted by atomic mass is 9.93. The Morgan fingerprint density at radius 3 is 1.97 bits per heavy atom. The predicted molar refractivity (Wildman–Crippen MR) is 90.1 cm³/mol. The van der Waals surface area contributed by atoms with Crippen LogP contribution in [0.25, 0.3) is 5.69 Å². The first kappa shape index (κ1) is 22.4. The predicted octanol–water partition coefficient (Wildman–Crippen LogP) is 5.95. The van der Waals surface area contributed by atoms with Crippen molar-refractivity contribution in [3.05, 3.63) is 39.0 Å². The summed E-state index contributed by atoms with van der Waals surface area (Å²) < 4.78 is 108. The lowest BCUT2D eigenvalue weighted by molar-refractivity contribution is -0.182. The molecule has 1 atom stereocenters. The van der Waals surface area contributed by atoms with E-state index in [1.165, 1.54) is 6.07 Å². The van der Waals surface area contributed by atoms with Crippen LogP contribution in [-0.4, -0.2) is 28.9 Å². The number of nitrogens with zero attached hydrogens (tertiary/aromatic N) is 3. The topological polar surface area (TPSA) is 53.6 Å². The summed E-state index contributed by atoms with van der Waals surface area (Å²) in [4.78, 5) is 0. The van der Waals surface area contributed by atoms with Crippen molar-refractivity contribution in [2.45, 2.75) is 30.1 Å². The fraction of sp³-hybridized carbons (Fsp3) is 0.375. The van der Waals surface area contributed by atoms with Gasteiger partial charge in [0.05, 0.1) is 21.2 Å². The number of hydrogen-bond acceptors (Lipinski definition) is 3. The molecule has 1 aliphatic carbocycles. The highest BCUT2D eigenvalue weighted by Gasteiger charge is 2.86. The molecule has 1 aromatic heterocycles. The van der Waals surface area contributed by atoms with Crippen molar-refractivity contribution in [2.75, 3.05) is 12.4 Å². The largest absolute Gasteiger partial charge is 0.416 e. The molecule has 14 heteroatoms. The third kappa shape index (κ3) is 3.06. The molecule has 1 aliphatic rings. The second kappa shape index (κ2) is 6.62. The van der Waals surface area contributed by atoms with Crippen LogP contribution in [0.1, 0.15) is 23.2 Å². The van der Waals surface area contributed by atoms with Crippen molar-refractivity contribution in [3.8, 4) is 11.8 Å². The molecule has 0 saturated heterocycles. The van der Waals surface area contributed by atoms with Gasteiger partial charge in [0.15, 0.2) is 11.1 Å². The first-order chi connectivity index (χ1) is 13.6. The summed E-state index contributed by atoms with van der Waals surface area (Å²) in [6, 6.07) is 2.21. The minimum atomic E-state index is -5.45. The van der Waals surface area contributed by atoms with Crippen LogP contribution in [0, 0.1) is 11.3 Å². The zero-order valence-electron chi connectivity index (χ0n) is 14.5. The number of aromatic nitrogens is 2. The van der Waals surface area contributed by atoms with Crippen molar-refractivity contribution in [1.82, 2.24) is 9.78 Å². The van der Waals surface area contributed by atoms with E-state index in [1.54, 1.807) is 0 Å². The molecular weight excluding hydrogens is 471 g/mol. The first-order valence-electron chi connectivity index (χ1n) is 7.85. The zero-order valence-corrected chi connectivity index (χ0v) is 16.0. The Morgan fingerprint density at radius 2 is 1.63 bits per heavy atom. The minimum absolute atomic E-state index is 0.445. The zero-order chi connectivity index (χ0) is 22.9. The molecule has 0 aliphatic heterocycles. The van der Waals surface area contributed by atoms with Gasteiger partial charge in [-0.3, -0.25) is 0 Å². The Hall–Kier alpha value is -2.26. The van der Waals surface area contributed by atoms with E-state index in [0.717, 1.165) is 7.05 Å². The molecule has 30 heavy (non-hydrogen) atoms. The van der Waals surface area contributed by atoms with Crippen LogP contribution in [0.2, 0.25) is 10.0 Å². The molecule has 4 nitrogen and oxygen atoms in total. The highest BCUT2D eigenvalue weighted by atomic mass is 35.5. The molecule has 1 saturated carbocycles. The molecule has 162 valence electrons. The van der Waals surface area contributed by atoms with Crippen molar-refractivity contribution in [1.29, 1.82) is 5.26 Å². The first-order valence-corrected chi connectivity index (χ1v) is 8.60. The van der Waals surface area contributed by atoms with E-state index in [-0.39, 0.29) is 0 Å². The molecule has 1 aromatic carbocycles. The summed E-state index contributed by atoms with van der Waals surface area (Å²) in [5.41, 5.74) is -7.59. The third-order valence-corrected chi connectivity index (χ3v) is 5.26. The van der Waals surface area contributed by atoms with E-state index in [2.05, 4.69) is 10.4 Å². The second-order valence-corrected chi connectivity index (χ2v) is 7.23. The Morgan fingerprint density at radius 1 is 1.13 bits per heavy atom. The van der Waals surface area contributed by atoms with Gasteiger partial charge in [-0.2, -0.15) is 36.7 Å². The van der Waals surface area contributed by atoms with Crippen LogP contribution in [-0.2, 0) is 11.6 Å². The van der Waals surface area contributed by atoms with Gasteiger partial charge in [0.1, 0.15) is 17.6 Å². The molecule has 0 amide bonds. The summed E-state index contributed by atoms with van der Waals surface area (Å²) >= 11 is 11.7. The molecule has 3 rings (SSSR count). The lowest BCUT2D eigenvalue weighted by Gasteiger charge is -2.21. The van der Waals surface area contributed by atoms with Crippen LogP contribution in [0.3, 0.4) is 0 Å². The fourth-order valence-electron chi connectivity index (χ4n) is 3.23. The second-order valence-electron chi connectivity index (χ2n) is 6.42. The third-order valence-electron chi connectivity index (χ3n) is 4.68. The van der Waals surface area contributed by atoms with E-state index in [0.29, 0.717) is 16.8 Å². The monoisotopic (exact) mass is 478 g/mol. The molecule has 0 radical (unpaired) electrons. The van der Waals surface area contributed by atoms with Gasteiger partial charge in [-0.25, -0.2) is 13.5 Å². The number of alkyl halides is 8. The van der Waals surface area contributed by atoms with E-state index in [4.69, 9.17) is 23.2 Å². The van der Waals surface area contributed by atoms with Gasteiger partial charge >= 0.3 is 12.4 Å². The molecule has 2 aromatic rings.